The van der Waals surface area contributed by atoms with Crippen molar-refractivity contribution in [2.24, 2.45) is 0 Å². The molecule has 0 heterocycles. The van der Waals surface area contributed by atoms with Gasteiger partial charge in [0.05, 0.1) is 24.2 Å². The van der Waals surface area contributed by atoms with Crippen LogP contribution in [0.5, 0.6) is 0 Å². The Balaban J connectivity index is 2.52. The average molecular weight is 553 g/mol. The van der Waals surface area contributed by atoms with Gasteiger partial charge in [0.1, 0.15) is 0 Å². The fraction of sp³-hybridized carbons (Fsp3) is 0.400. The molecule has 0 amide bonds. The minimum Gasteiger partial charge on any atom is -0.149 e. The number of benzene rings is 3. The highest BCUT2D eigenvalue weighted by molar-refractivity contribution is 7.41. The third kappa shape index (κ3) is 5.28. The predicted octanol–water partition coefficient (Wildman–Crippen LogP) is 5.45. The minimum atomic E-state index is -2.80. The highest BCUT2D eigenvalue weighted by Crippen LogP contribution is 2.20. The maximum absolute atomic E-state index is 8.28. The van der Waals surface area contributed by atoms with Gasteiger partial charge in [-0.05, 0) is 36.3 Å². The molecule has 3 aromatic rings. The molecule has 0 saturated heterocycles. The van der Waals surface area contributed by atoms with Crippen LogP contribution in [0.15, 0.2) is 54.6 Å². The lowest BCUT2D eigenvalue weighted by molar-refractivity contribution is 1.48. The Bertz CT molecular complexity index is 1090. The first-order valence-electron chi connectivity index (χ1n) is 12.9. The molecular formula is C30H45ClSi4. The van der Waals surface area contributed by atoms with E-state index in [2.05, 4.69) is 134 Å². The van der Waals surface area contributed by atoms with Crippen molar-refractivity contribution in [3.63, 3.8) is 0 Å². The highest BCUT2D eigenvalue weighted by Gasteiger charge is 2.43. The van der Waals surface area contributed by atoms with Crippen LogP contribution < -0.4 is 31.1 Å². The quantitative estimate of drug-likeness (QED) is 0.216. The van der Waals surface area contributed by atoms with Gasteiger partial charge in [0.15, 0.2) is 0 Å². The standard InChI is InChI=1S/C30H45ClSi4/c1-22-25(32(4,5)6)16-13-19-28(22)35(31,29-20-14-17-26(23(29)2)33(7,8)9)30-21-15-18-27(24(30)3)34(10,11)12/h13-21H,1-12H3. The molecule has 3 rings (SSSR count). The summed E-state index contributed by atoms with van der Waals surface area (Å²) in [5, 5.41) is 8.74. The van der Waals surface area contributed by atoms with E-state index in [-0.39, 0.29) is 0 Å². The van der Waals surface area contributed by atoms with E-state index in [0.717, 1.165) is 0 Å². The van der Waals surface area contributed by atoms with Crippen LogP contribution in [-0.4, -0.2) is 31.6 Å². The van der Waals surface area contributed by atoms with E-state index >= 15 is 0 Å². The predicted molar refractivity (Wildman–Crippen MR) is 173 cm³/mol. The van der Waals surface area contributed by atoms with Crippen molar-refractivity contribution in [2.75, 3.05) is 0 Å². The second kappa shape index (κ2) is 9.60. The first-order valence-corrected chi connectivity index (χ1v) is 26.4. The Morgan fingerprint density at radius 2 is 0.600 bits per heavy atom. The van der Waals surface area contributed by atoms with Gasteiger partial charge >= 0.3 is 0 Å². The summed E-state index contributed by atoms with van der Waals surface area (Å²) in [5.74, 6) is 0. The average Bonchev–Trinajstić information content (AvgIpc) is 2.71. The molecule has 0 nitrogen and oxygen atoms in total. The molecule has 0 aliphatic rings. The van der Waals surface area contributed by atoms with Gasteiger partial charge in [0.2, 0.25) is 7.38 Å². The summed E-state index contributed by atoms with van der Waals surface area (Å²) in [4.78, 5) is 0. The van der Waals surface area contributed by atoms with Gasteiger partial charge in [0, 0.05) is 0 Å². The Morgan fingerprint density at radius 1 is 0.400 bits per heavy atom. The van der Waals surface area contributed by atoms with Crippen molar-refractivity contribution in [1.29, 1.82) is 0 Å². The zero-order chi connectivity index (χ0) is 26.6. The second-order valence-electron chi connectivity index (χ2n) is 13.3. The lowest BCUT2D eigenvalue weighted by atomic mass is 10.2. The summed E-state index contributed by atoms with van der Waals surface area (Å²) < 4.78 is 0. The molecule has 3 aromatic carbocycles. The van der Waals surface area contributed by atoms with Gasteiger partial charge in [-0.15, -0.1) is 11.1 Å². The molecule has 0 atom stereocenters. The van der Waals surface area contributed by atoms with Gasteiger partial charge < -0.3 is 0 Å². The van der Waals surface area contributed by atoms with E-state index in [1.807, 2.05) is 0 Å². The molecule has 0 aliphatic carbocycles. The maximum Gasteiger partial charge on any atom is 0.248 e. The molecule has 0 N–H and O–H groups in total. The van der Waals surface area contributed by atoms with E-state index in [4.69, 9.17) is 11.1 Å². The molecule has 35 heavy (non-hydrogen) atoms. The monoisotopic (exact) mass is 552 g/mol. The Labute approximate surface area is 223 Å². The molecule has 0 fully saturated rings. The normalized spacial score (nSPS) is 13.3. The largest absolute Gasteiger partial charge is 0.248 e. The van der Waals surface area contributed by atoms with Crippen molar-refractivity contribution in [3.8, 4) is 0 Å². The number of hydrogen-bond acceptors (Lipinski definition) is 0. The molecule has 5 heteroatoms. The van der Waals surface area contributed by atoms with Crippen LogP contribution in [0.2, 0.25) is 58.9 Å². The molecule has 0 spiro atoms. The molecular weight excluding hydrogens is 508 g/mol. The van der Waals surface area contributed by atoms with Crippen LogP contribution in [0, 0.1) is 20.8 Å². The van der Waals surface area contributed by atoms with Gasteiger partial charge in [-0.3, -0.25) is 0 Å². The third-order valence-electron chi connectivity index (χ3n) is 7.54. The fourth-order valence-corrected chi connectivity index (χ4v) is 17.5. The van der Waals surface area contributed by atoms with E-state index < -0.39 is 31.6 Å². The summed E-state index contributed by atoms with van der Waals surface area (Å²) >= 11 is 8.28. The number of rotatable bonds is 6. The fourth-order valence-electron chi connectivity index (χ4n) is 5.90. The molecule has 0 radical (unpaired) electrons. The summed E-state index contributed by atoms with van der Waals surface area (Å²) in [6.07, 6.45) is 0. The topological polar surface area (TPSA) is 0 Å². The Hall–Kier alpha value is -1.18. The van der Waals surface area contributed by atoms with Crippen LogP contribution in [0.25, 0.3) is 0 Å². The zero-order valence-electron chi connectivity index (χ0n) is 24.1. The first kappa shape index (κ1) is 28.4. The van der Waals surface area contributed by atoms with Crippen molar-refractivity contribution in [2.45, 2.75) is 79.7 Å². The number of hydrogen-bond donors (Lipinski definition) is 0. The molecule has 0 bridgehead atoms. The highest BCUT2D eigenvalue weighted by atomic mass is 35.6. The van der Waals surface area contributed by atoms with Crippen molar-refractivity contribution in [3.05, 3.63) is 71.3 Å². The van der Waals surface area contributed by atoms with Gasteiger partial charge in [-0.25, -0.2) is 0 Å². The first-order chi connectivity index (χ1) is 15.9. The summed E-state index contributed by atoms with van der Waals surface area (Å²) in [5.41, 5.74) is 4.26. The molecule has 0 aromatic heterocycles. The SMILES string of the molecule is Cc1c([Si](C)(C)C)cccc1[Si](Cl)(c1cccc([Si](C)(C)C)c1C)c1cccc([Si](C)(C)C)c1C. The lowest BCUT2D eigenvalue weighted by Gasteiger charge is -2.35. The molecule has 0 saturated carbocycles. The van der Waals surface area contributed by atoms with Crippen LogP contribution in [0.4, 0.5) is 0 Å². The Kier molecular flexibility index (Phi) is 7.79. The van der Waals surface area contributed by atoms with Gasteiger partial charge in [0.25, 0.3) is 0 Å². The Morgan fingerprint density at radius 3 is 0.800 bits per heavy atom. The van der Waals surface area contributed by atoms with E-state index in [0.29, 0.717) is 0 Å². The third-order valence-corrected chi connectivity index (χ3v) is 19.7. The minimum absolute atomic E-state index is 1.38. The van der Waals surface area contributed by atoms with E-state index in [9.17, 15) is 0 Å². The summed E-state index contributed by atoms with van der Waals surface area (Å²) in [6.45, 7) is 29.0. The molecule has 0 aliphatic heterocycles. The number of halogens is 1. The van der Waals surface area contributed by atoms with Crippen LogP contribution in [0.3, 0.4) is 0 Å². The molecule has 0 unspecified atom stereocenters. The van der Waals surface area contributed by atoms with E-state index in [1.54, 1.807) is 0 Å². The summed E-state index contributed by atoms with van der Waals surface area (Å²) in [6, 6.07) is 20.9. The van der Waals surface area contributed by atoms with Crippen LogP contribution in [0.1, 0.15) is 16.7 Å². The van der Waals surface area contributed by atoms with Crippen LogP contribution >= 0.6 is 11.1 Å². The smallest absolute Gasteiger partial charge is 0.149 e. The van der Waals surface area contributed by atoms with Gasteiger partial charge in [-0.1, -0.05) is 146 Å². The maximum atomic E-state index is 8.28. The van der Waals surface area contributed by atoms with Crippen molar-refractivity contribution >= 4 is 73.8 Å². The zero-order valence-corrected chi connectivity index (χ0v) is 28.8. The van der Waals surface area contributed by atoms with Crippen LogP contribution in [-0.2, 0) is 0 Å². The van der Waals surface area contributed by atoms with Crippen molar-refractivity contribution < 1.29 is 0 Å². The second-order valence-corrected chi connectivity index (χ2v) is 33.1. The molecule has 188 valence electrons. The lowest BCUT2D eigenvalue weighted by Crippen LogP contribution is -2.68. The van der Waals surface area contributed by atoms with E-state index in [1.165, 1.54) is 47.8 Å². The summed E-state index contributed by atoms with van der Waals surface area (Å²) in [7, 11) is -7.37. The van der Waals surface area contributed by atoms with Crippen molar-refractivity contribution in [1.82, 2.24) is 0 Å². The van der Waals surface area contributed by atoms with Gasteiger partial charge in [-0.2, -0.15) is 0 Å².